The molecular formula is C12H23N3O3. The monoisotopic (exact) mass is 257 g/mol. The number of rotatable bonds is 7. The summed E-state index contributed by atoms with van der Waals surface area (Å²) in [6, 6.07) is 0.364. The van der Waals surface area contributed by atoms with Crippen LogP contribution in [0, 0.1) is 0 Å². The molecule has 0 saturated carbocycles. The van der Waals surface area contributed by atoms with Crippen LogP contribution in [0.1, 0.15) is 19.8 Å². The van der Waals surface area contributed by atoms with Crippen molar-refractivity contribution >= 4 is 11.8 Å². The van der Waals surface area contributed by atoms with Gasteiger partial charge in [-0.25, -0.2) is 0 Å². The molecule has 0 aliphatic carbocycles. The molecule has 0 aromatic heterocycles. The normalized spacial score (nSPS) is 18.7. The Bertz CT molecular complexity index is 278. The van der Waals surface area contributed by atoms with Crippen molar-refractivity contribution in [2.75, 3.05) is 39.9 Å². The van der Waals surface area contributed by atoms with E-state index >= 15 is 0 Å². The van der Waals surface area contributed by atoms with Crippen LogP contribution in [0.15, 0.2) is 0 Å². The zero-order valence-electron chi connectivity index (χ0n) is 11.2. The van der Waals surface area contributed by atoms with Crippen molar-refractivity contribution in [2.45, 2.75) is 25.8 Å². The minimum absolute atomic E-state index is 0.0593. The third-order valence-corrected chi connectivity index (χ3v) is 3.01. The zero-order valence-corrected chi connectivity index (χ0v) is 11.2. The molecule has 2 N–H and O–H groups in total. The van der Waals surface area contributed by atoms with Crippen molar-refractivity contribution in [1.82, 2.24) is 15.5 Å². The van der Waals surface area contributed by atoms with Gasteiger partial charge in [0.25, 0.3) is 0 Å². The maximum absolute atomic E-state index is 12.0. The van der Waals surface area contributed by atoms with Crippen LogP contribution >= 0.6 is 0 Å². The molecule has 1 aliphatic rings. The second-order valence-corrected chi connectivity index (χ2v) is 4.54. The molecule has 104 valence electrons. The van der Waals surface area contributed by atoms with Crippen LogP contribution in [0.4, 0.5) is 0 Å². The maximum Gasteiger partial charge on any atom is 0.242 e. The highest BCUT2D eigenvalue weighted by atomic mass is 16.5. The highest BCUT2D eigenvalue weighted by Gasteiger charge is 2.21. The molecule has 0 aromatic rings. The van der Waals surface area contributed by atoms with E-state index in [0.29, 0.717) is 25.7 Å². The van der Waals surface area contributed by atoms with E-state index in [1.165, 1.54) is 6.92 Å². The van der Waals surface area contributed by atoms with Crippen molar-refractivity contribution in [3.63, 3.8) is 0 Å². The summed E-state index contributed by atoms with van der Waals surface area (Å²) in [5.41, 5.74) is 0. The first kappa shape index (κ1) is 14.9. The van der Waals surface area contributed by atoms with Gasteiger partial charge in [-0.1, -0.05) is 0 Å². The van der Waals surface area contributed by atoms with E-state index in [0.717, 1.165) is 19.4 Å². The number of nitrogens with zero attached hydrogens (tertiary/aromatic N) is 1. The third kappa shape index (κ3) is 5.46. The number of hydrogen-bond acceptors (Lipinski definition) is 4. The Morgan fingerprint density at radius 2 is 2.28 bits per heavy atom. The van der Waals surface area contributed by atoms with Gasteiger partial charge in [0.15, 0.2) is 0 Å². The minimum Gasteiger partial charge on any atom is -0.383 e. The number of ether oxygens (including phenoxy) is 1. The number of amides is 2. The molecule has 0 radical (unpaired) electrons. The average Bonchev–Trinajstić information content (AvgIpc) is 2.84. The van der Waals surface area contributed by atoms with Crippen LogP contribution in [0.3, 0.4) is 0 Å². The first-order chi connectivity index (χ1) is 8.63. The van der Waals surface area contributed by atoms with Gasteiger partial charge in [0, 0.05) is 33.2 Å². The molecule has 0 spiro atoms. The number of carbonyl (C=O) groups excluding carboxylic acids is 2. The number of carbonyl (C=O) groups is 2. The van der Waals surface area contributed by atoms with Crippen LogP contribution in [0.2, 0.25) is 0 Å². The minimum atomic E-state index is -0.186. The largest absolute Gasteiger partial charge is 0.383 e. The Morgan fingerprint density at radius 3 is 2.83 bits per heavy atom. The predicted octanol–water partition coefficient (Wildman–Crippen LogP) is -0.650. The molecule has 1 heterocycles. The van der Waals surface area contributed by atoms with Gasteiger partial charge in [-0.05, 0) is 19.4 Å². The van der Waals surface area contributed by atoms with Crippen LogP contribution in [0.25, 0.3) is 0 Å². The van der Waals surface area contributed by atoms with Crippen molar-refractivity contribution in [2.24, 2.45) is 0 Å². The van der Waals surface area contributed by atoms with Gasteiger partial charge in [0.1, 0.15) is 0 Å². The van der Waals surface area contributed by atoms with E-state index in [2.05, 4.69) is 10.6 Å². The fraction of sp³-hybridized carbons (Fsp3) is 0.833. The molecule has 1 aliphatic heterocycles. The lowest BCUT2D eigenvalue weighted by Crippen LogP contribution is -2.46. The van der Waals surface area contributed by atoms with Crippen LogP contribution < -0.4 is 10.6 Å². The highest BCUT2D eigenvalue weighted by Crippen LogP contribution is 2.07. The van der Waals surface area contributed by atoms with Gasteiger partial charge in [-0.2, -0.15) is 0 Å². The average molecular weight is 257 g/mol. The van der Waals surface area contributed by atoms with Gasteiger partial charge in [-0.15, -0.1) is 0 Å². The van der Waals surface area contributed by atoms with Gasteiger partial charge in [0.2, 0.25) is 11.8 Å². The molecule has 1 atom stereocenters. The van der Waals surface area contributed by atoms with E-state index < -0.39 is 0 Å². The van der Waals surface area contributed by atoms with Crippen LogP contribution in [-0.2, 0) is 14.3 Å². The smallest absolute Gasteiger partial charge is 0.242 e. The number of methoxy groups -OCH3 is 1. The van der Waals surface area contributed by atoms with E-state index in [9.17, 15) is 9.59 Å². The van der Waals surface area contributed by atoms with Crippen molar-refractivity contribution in [3.05, 3.63) is 0 Å². The molecule has 1 unspecified atom stereocenters. The molecule has 1 saturated heterocycles. The van der Waals surface area contributed by atoms with Gasteiger partial charge in [-0.3, -0.25) is 9.59 Å². The fourth-order valence-corrected chi connectivity index (χ4v) is 2.01. The highest BCUT2D eigenvalue weighted by molar-refractivity contribution is 5.83. The van der Waals surface area contributed by atoms with Crippen molar-refractivity contribution < 1.29 is 14.3 Å². The van der Waals surface area contributed by atoms with E-state index in [4.69, 9.17) is 4.74 Å². The lowest BCUT2D eigenvalue weighted by molar-refractivity contribution is -0.133. The summed E-state index contributed by atoms with van der Waals surface area (Å²) in [7, 11) is 1.62. The summed E-state index contributed by atoms with van der Waals surface area (Å²) >= 11 is 0. The summed E-state index contributed by atoms with van der Waals surface area (Å²) in [6.07, 6.45) is 2.25. The summed E-state index contributed by atoms with van der Waals surface area (Å²) in [5, 5.41) is 5.90. The van der Waals surface area contributed by atoms with Gasteiger partial charge >= 0.3 is 0 Å². The zero-order chi connectivity index (χ0) is 13.4. The molecule has 0 aromatic carbocycles. The Labute approximate surface area is 108 Å². The summed E-state index contributed by atoms with van der Waals surface area (Å²) in [5.74, 6) is -0.245. The first-order valence-corrected chi connectivity index (χ1v) is 6.38. The molecule has 1 fully saturated rings. The maximum atomic E-state index is 12.0. The SMILES string of the molecule is COCCN(CC1CCCN1)C(=O)CNC(C)=O. The molecule has 6 heteroatoms. The second-order valence-electron chi connectivity index (χ2n) is 4.54. The summed E-state index contributed by atoms with van der Waals surface area (Å²) in [6.45, 7) is 4.24. The summed E-state index contributed by atoms with van der Waals surface area (Å²) < 4.78 is 5.01. The standard InChI is InChI=1S/C12H23N3O3/c1-10(16)14-8-12(17)15(6-7-18-2)9-11-4-3-5-13-11/h11,13H,3-9H2,1-2H3,(H,14,16). The topological polar surface area (TPSA) is 70.7 Å². The van der Waals surface area contributed by atoms with Crippen LogP contribution in [0.5, 0.6) is 0 Å². The Kier molecular flexibility index (Phi) is 6.67. The lowest BCUT2D eigenvalue weighted by atomic mass is 10.2. The predicted molar refractivity (Wildman–Crippen MR) is 68.2 cm³/mol. The third-order valence-electron chi connectivity index (χ3n) is 3.01. The van der Waals surface area contributed by atoms with E-state index in [1.807, 2.05) is 0 Å². The van der Waals surface area contributed by atoms with Crippen molar-refractivity contribution in [3.8, 4) is 0 Å². The van der Waals surface area contributed by atoms with Crippen LogP contribution in [-0.4, -0.2) is 62.7 Å². The van der Waals surface area contributed by atoms with E-state index in [1.54, 1.807) is 12.0 Å². The lowest BCUT2D eigenvalue weighted by Gasteiger charge is -2.25. The first-order valence-electron chi connectivity index (χ1n) is 6.38. The number of nitrogens with one attached hydrogen (secondary N) is 2. The summed E-state index contributed by atoms with van der Waals surface area (Å²) in [4.78, 5) is 24.5. The van der Waals surface area contributed by atoms with E-state index in [-0.39, 0.29) is 18.4 Å². The van der Waals surface area contributed by atoms with Crippen molar-refractivity contribution in [1.29, 1.82) is 0 Å². The quantitative estimate of drug-likeness (QED) is 0.636. The Hall–Kier alpha value is -1.14. The second kappa shape index (κ2) is 8.05. The molecule has 0 bridgehead atoms. The fourth-order valence-electron chi connectivity index (χ4n) is 2.01. The molecule has 18 heavy (non-hydrogen) atoms. The van der Waals surface area contributed by atoms with Gasteiger partial charge in [0.05, 0.1) is 13.2 Å². The Morgan fingerprint density at radius 1 is 1.50 bits per heavy atom. The van der Waals surface area contributed by atoms with Gasteiger partial charge < -0.3 is 20.3 Å². The molecule has 1 rings (SSSR count). The molecule has 2 amide bonds. The number of hydrogen-bond donors (Lipinski definition) is 2. The molecule has 6 nitrogen and oxygen atoms in total. The Balaban J connectivity index is 2.41. The molecular weight excluding hydrogens is 234 g/mol.